The van der Waals surface area contributed by atoms with Gasteiger partial charge < -0.3 is 11.1 Å². The van der Waals surface area contributed by atoms with Gasteiger partial charge in [0.25, 0.3) is 0 Å². The van der Waals surface area contributed by atoms with Crippen molar-refractivity contribution in [2.45, 2.75) is 13.5 Å². The van der Waals surface area contributed by atoms with Crippen molar-refractivity contribution in [3.8, 4) is 0 Å². The van der Waals surface area contributed by atoms with Crippen LogP contribution in [-0.2, 0) is 6.54 Å². The monoisotopic (exact) mass is 228 g/mol. The number of para-hydroxylation sites is 1. The van der Waals surface area contributed by atoms with Gasteiger partial charge in [-0.3, -0.25) is 0 Å². The van der Waals surface area contributed by atoms with Crippen LogP contribution in [0.25, 0.3) is 0 Å². The third-order valence-electron chi connectivity index (χ3n) is 2.23. The lowest BCUT2D eigenvalue weighted by Crippen LogP contribution is -1.94. The molecule has 0 atom stereocenters. The highest BCUT2D eigenvalue weighted by molar-refractivity contribution is 5.41. The van der Waals surface area contributed by atoms with Crippen molar-refractivity contribution >= 4 is 5.69 Å². The quantitative estimate of drug-likeness (QED) is 0.846. The predicted molar refractivity (Wildman–Crippen MR) is 74.9 cm³/mol. The highest BCUT2D eigenvalue weighted by Crippen LogP contribution is 2.02. The van der Waals surface area contributed by atoms with E-state index in [2.05, 4.69) is 24.4 Å². The van der Waals surface area contributed by atoms with Gasteiger partial charge in [-0.05, 0) is 24.6 Å². The summed E-state index contributed by atoms with van der Waals surface area (Å²) < 4.78 is 0. The Morgan fingerprint density at radius 2 is 1.41 bits per heavy atom. The topological polar surface area (TPSA) is 38.0 Å². The van der Waals surface area contributed by atoms with Crippen LogP contribution in [0, 0.1) is 0 Å². The summed E-state index contributed by atoms with van der Waals surface area (Å²) in [5, 5.41) is 3.21. The van der Waals surface area contributed by atoms with Crippen molar-refractivity contribution in [1.82, 2.24) is 0 Å². The Morgan fingerprint density at radius 3 is 1.82 bits per heavy atom. The molecule has 0 bridgehead atoms. The second-order valence-corrected chi connectivity index (χ2v) is 3.59. The minimum Gasteiger partial charge on any atom is -0.385 e. The Morgan fingerprint density at radius 1 is 0.882 bits per heavy atom. The SMILES string of the molecule is CCNc1ccccc1.NCc1ccccc1. The van der Waals surface area contributed by atoms with E-state index in [1.54, 1.807) is 0 Å². The lowest BCUT2D eigenvalue weighted by atomic mass is 10.2. The van der Waals surface area contributed by atoms with Gasteiger partial charge in [0, 0.05) is 18.8 Å². The molecule has 2 heteroatoms. The molecule has 2 aromatic rings. The normalized spacial score (nSPS) is 9.06. The second-order valence-electron chi connectivity index (χ2n) is 3.59. The van der Waals surface area contributed by atoms with Crippen LogP contribution in [0.2, 0.25) is 0 Å². The summed E-state index contributed by atoms with van der Waals surface area (Å²) in [4.78, 5) is 0. The second kappa shape index (κ2) is 8.36. The van der Waals surface area contributed by atoms with E-state index >= 15 is 0 Å². The minimum atomic E-state index is 0.640. The zero-order valence-corrected chi connectivity index (χ0v) is 10.3. The molecule has 0 radical (unpaired) electrons. The van der Waals surface area contributed by atoms with E-state index in [0.717, 1.165) is 6.54 Å². The summed E-state index contributed by atoms with van der Waals surface area (Å²) in [6, 6.07) is 20.2. The maximum Gasteiger partial charge on any atom is 0.0340 e. The molecule has 0 amide bonds. The average Bonchev–Trinajstić information content (AvgIpc) is 2.42. The fourth-order valence-corrected chi connectivity index (χ4v) is 1.37. The highest BCUT2D eigenvalue weighted by Gasteiger charge is 1.81. The number of hydrogen-bond donors (Lipinski definition) is 2. The zero-order valence-electron chi connectivity index (χ0n) is 10.3. The van der Waals surface area contributed by atoms with E-state index in [1.807, 2.05) is 48.5 Å². The standard InChI is InChI=1S/C8H11N.C7H9N/c1-2-9-8-6-4-3-5-7-8;8-6-7-4-2-1-3-5-7/h3-7,9H,2H2,1H3;1-5H,6,8H2. The third-order valence-corrected chi connectivity index (χ3v) is 2.23. The van der Waals surface area contributed by atoms with E-state index in [-0.39, 0.29) is 0 Å². The van der Waals surface area contributed by atoms with Crippen LogP contribution >= 0.6 is 0 Å². The molecule has 0 saturated heterocycles. The van der Waals surface area contributed by atoms with Crippen LogP contribution in [0.15, 0.2) is 60.7 Å². The number of benzene rings is 2. The third kappa shape index (κ3) is 5.73. The molecule has 2 nitrogen and oxygen atoms in total. The van der Waals surface area contributed by atoms with Crippen molar-refractivity contribution < 1.29 is 0 Å². The molecule has 0 aliphatic carbocycles. The number of anilines is 1. The molecule has 2 rings (SSSR count). The Hall–Kier alpha value is -1.80. The van der Waals surface area contributed by atoms with Crippen LogP contribution in [0.4, 0.5) is 5.69 Å². The maximum atomic E-state index is 5.35. The summed E-state index contributed by atoms with van der Waals surface area (Å²) in [5.41, 5.74) is 7.73. The van der Waals surface area contributed by atoms with Gasteiger partial charge in [-0.1, -0.05) is 48.5 Å². The maximum absolute atomic E-state index is 5.35. The molecular formula is C15H20N2. The molecule has 0 fully saturated rings. The van der Waals surface area contributed by atoms with Gasteiger partial charge in [0.05, 0.1) is 0 Å². The van der Waals surface area contributed by atoms with E-state index in [0.29, 0.717) is 6.54 Å². The van der Waals surface area contributed by atoms with Gasteiger partial charge in [-0.2, -0.15) is 0 Å². The van der Waals surface area contributed by atoms with Gasteiger partial charge in [0.1, 0.15) is 0 Å². The number of nitrogens with two attached hydrogens (primary N) is 1. The molecule has 3 N–H and O–H groups in total. The first kappa shape index (κ1) is 13.3. The van der Waals surface area contributed by atoms with Crippen molar-refractivity contribution in [3.05, 3.63) is 66.2 Å². The molecule has 90 valence electrons. The Balaban J connectivity index is 0.000000171. The molecule has 0 saturated carbocycles. The van der Waals surface area contributed by atoms with Crippen LogP contribution in [0.3, 0.4) is 0 Å². The highest BCUT2D eigenvalue weighted by atomic mass is 14.8. The van der Waals surface area contributed by atoms with E-state index in [1.165, 1.54) is 11.3 Å². The summed E-state index contributed by atoms with van der Waals surface area (Å²) in [5.74, 6) is 0. The van der Waals surface area contributed by atoms with Crippen LogP contribution < -0.4 is 11.1 Å². The van der Waals surface area contributed by atoms with E-state index in [4.69, 9.17) is 5.73 Å². The van der Waals surface area contributed by atoms with Gasteiger partial charge in [0.2, 0.25) is 0 Å². The fourth-order valence-electron chi connectivity index (χ4n) is 1.37. The smallest absolute Gasteiger partial charge is 0.0340 e. The number of nitrogens with one attached hydrogen (secondary N) is 1. The van der Waals surface area contributed by atoms with Gasteiger partial charge in [-0.25, -0.2) is 0 Å². The van der Waals surface area contributed by atoms with Crippen molar-refractivity contribution in [3.63, 3.8) is 0 Å². The molecule has 0 aromatic heterocycles. The molecule has 0 aliphatic heterocycles. The molecule has 17 heavy (non-hydrogen) atoms. The lowest BCUT2D eigenvalue weighted by Gasteiger charge is -1.99. The van der Waals surface area contributed by atoms with Crippen LogP contribution in [0.5, 0.6) is 0 Å². The minimum absolute atomic E-state index is 0.640. The molecule has 0 aliphatic rings. The fraction of sp³-hybridized carbons (Fsp3) is 0.200. The molecule has 2 aromatic carbocycles. The first-order valence-electron chi connectivity index (χ1n) is 5.89. The predicted octanol–water partition coefficient (Wildman–Crippen LogP) is 3.26. The summed E-state index contributed by atoms with van der Waals surface area (Å²) >= 11 is 0. The Labute approximate surface area is 103 Å². The lowest BCUT2D eigenvalue weighted by molar-refractivity contribution is 1.07. The number of hydrogen-bond acceptors (Lipinski definition) is 2. The van der Waals surface area contributed by atoms with Crippen LogP contribution in [-0.4, -0.2) is 6.54 Å². The van der Waals surface area contributed by atoms with E-state index < -0.39 is 0 Å². The zero-order chi connectivity index (χ0) is 12.3. The van der Waals surface area contributed by atoms with Crippen molar-refractivity contribution in [2.75, 3.05) is 11.9 Å². The molecule has 0 heterocycles. The molecule has 0 unspecified atom stereocenters. The largest absolute Gasteiger partial charge is 0.385 e. The van der Waals surface area contributed by atoms with Crippen molar-refractivity contribution in [2.24, 2.45) is 5.73 Å². The molecule has 0 spiro atoms. The summed E-state index contributed by atoms with van der Waals surface area (Å²) in [7, 11) is 0. The first-order chi connectivity index (χ1) is 8.36. The van der Waals surface area contributed by atoms with Gasteiger partial charge in [-0.15, -0.1) is 0 Å². The van der Waals surface area contributed by atoms with Crippen LogP contribution in [0.1, 0.15) is 12.5 Å². The first-order valence-corrected chi connectivity index (χ1v) is 5.89. The Kier molecular flexibility index (Phi) is 6.53. The summed E-state index contributed by atoms with van der Waals surface area (Å²) in [6.07, 6.45) is 0. The summed E-state index contributed by atoms with van der Waals surface area (Å²) in [6.45, 7) is 3.72. The van der Waals surface area contributed by atoms with Gasteiger partial charge in [0.15, 0.2) is 0 Å². The average molecular weight is 228 g/mol. The Bertz CT molecular complexity index is 384. The van der Waals surface area contributed by atoms with Crippen molar-refractivity contribution in [1.29, 1.82) is 0 Å². The molecular weight excluding hydrogens is 208 g/mol. The number of rotatable bonds is 3. The van der Waals surface area contributed by atoms with E-state index in [9.17, 15) is 0 Å². The van der Waals surface area contributed by atoms with Gasteiger partial charge >= 0.3 is 0 Å².